The fourth-order valence-electron chi connectivity index (χ4n) is 5.43. The molecule has 8 heteroatoms. The molecule has 8 nitrogen and oxygen atoms in total. The Morgan fingerprint density at radius 1 is 0.971 bits per heavy atom. The van der Waals surface area contributed by atoms with Gasteiger partial charge in [-0.05, 0) is 70.8 Å². The van der Waals surface area contributed by atoms with Crippen molar-refractivity contribution < 1.29 is 4.79 Å². The Bertz CT molecular complexity index is 1110. The highest BCUT2D eigenvalue weighted by molar-refractivity contribution is 5.79. The summed E-state index contributed by atoms with van der Waals surface area (Å²) in [6.45, 7) is 7.21. The van der Waals surface area contributed by atoms with Gasteiger partial charge in [0.15, 0.2) is 0 Å². The van der Waals surface area contributed by atoms with Crippen molar-refractivity contribution in [3.05, 3.63) is 56.9 Å². The van der Waals surface area contributed by atoms with Crippen molar-refractivity contribution in [2.75, 3.05) is 44.2 Å². The fourth-order valence-corrected chi connectivity index (χ4v) is 5.43. The normalized spacial score (nSPS) is 17.8. The minimum atomic E-state index is -0.350. The average Bonchev–Trinajstić information content (AvgIpc) is 3.15. The highest BCUT2D eigenvalue weighted by atomic mass is 16.2. The number of amides is 1. The lowest BCUT2D eigenvalue weighted by atomic mass is 9.95. The third-order valence-electron chi connectivity index (χ3n) is 7.51. The third kappa shape index (κ3) is 5.86. The molecule has 0 unspecified atom stereocenters. The Kier molecular flexibility index (Phi) is 8.44. The average molecular weight is 482 g/mol. The predicted molar refractivity (Wildman–Crippen MR) is 139 cm³/mol. The van der Waals surface area contributed by atoms with E-state index in [1.54, 1.807) is 4.57 Å². The topological polar surface area (TPSA) is 79.6 Å². The van der Waals surface area contributed by atoms with Gasteiger partial charge in [0.2, 0.25) is 5.91 Å². The number of nitrogens with one attached hydrogen (secondary N) is 1. The van der Waals surface area contributed by atoms with Crippen LogP contribution in [-0.2, 0) is 11.8 Å². The number of hydrogen-bond acceptors (Lipinski definition) is 5. The van der Waals surface area contributed by atoms with Crippen molar-refractivity contribution in [3.63, 3.8) is 0 Å². The molecule has 2 saturated heterocycles. The van der Waals surface area contributed by atoms with Crippen molar-refractivity contribution in [1.82, 2.24) is 19.4 Å². The zero-order chi connectivity index (χ0) is 24.8. The van der Waals surface area contributed by atoms with Gasteiger partial charge in [-0.25, -0.2) is 4.79 Å². The molecule has 2 aliphatic rings. The van der Waals surface area contributed by atoms with Gasteiger partial charge in [0, 0.05) is 32.6 Å². The number of para-hydroxylation sites is 1. The first-order valence-electron chi connectivity index (χ1n) is 13.1. The molecular weight excluding hydrogens is 442 g/mol. The first-order valence-corrected chi connectivity index (χ1v) is 13.1. The van der Waals surface area contributed by atoms with Gasteiger partial charge in [-0.2, -0.15) is 0 Å². The molecule has 3 heterocycles. The van der Waals surface area contributed by atoms with E-state index < -0.39 is 0 Å². The minimum Gasteiger partial charge on any atom is -0.366 e. The number of carbonyl (C=O) groups is 1. The highest BCUT2D eigenvalue weighted by Gasteiger charge is 2.28. The Hall–Kier alpha value is -2.87. The second kappa shape index (κ2) is 11.7. The fraction of sp³-hybridized carbons (Fsp3) is 0.593. The van der Waals surface area contributed by atoms with Crippen molar-refractivity contribution in [1.29, 1.82) is 0 Å². The van der Waals surface area contributed by atoms with Crippen LogP contribution in [0.15, 0.2) is 39.9 Å². The first-order chi connectivity index (χ1) is 17.0. The predicted octanol–water partition coefficient (Wildman–Crippen LogP) is 2.44. The summed E-state index contributed by atoms with van der Waals surface area (Å²) in [6, 6.07) is 9.39. The van der Waals surface area contributed by atoms with Crippen LogP contribution < -0.4 is 21.5 Å². The van der Waals surface area contributed by atoms with E-state index in [0.717, 1.165) is 25.2 Å². The van der Waals surface area contributed by atoms with E-state index in [9.17, 15) is 14.4 Å². The van der Waals surface area contributed by atoms with E-state index in [1.165, 1.54) is 50.4 Å². The molecule has 1 aromatic carbocycles. The van der Waals surface area contributed by atoms with Gasteiger partial charge in [-0.1, -0.05) is 31.0 Å². The summed E-state index contributed by atoms with van der Waals surface area (Å²) in [5.41, 5.74) is 1.29. The maximum atomic E-state index is 13.1. The largest absolute Gasteiger partial charge is 0.366 e. The summed E-state index contributed by atoms with van der Waals surface area (Å²) in [6.07, 6.45) is 7.64. The molecule has 0 atom stereocenters. The lowest BCUT2D eigenvalue weighted by Crippen LogP contribution is -2.46. The van der Waals surface area contributed by atoms with Crippen molar-refractivity contribution in [2.45, 2.75) is 51.9 Å². The molecule has 4 rings (SSSR count). The lowest BCUT2D eigenvalue weighted by molar-refractivity contribution is -0.125. The van der Waals surface area contributed by atoms with Crippen LogP contribution in [-0.4, -0.2) is 59.2 Å². The number of nitrogens with zero attached hydrogens (tertiary/aromatic N) is 4. The first kappa shape index (κ1) is 25.2. The monoisotopic (exact) mass is 481 g/mol. The van der Waals surface area contributed by atoms with Crippen molar-refractivity contribution >= 4 is 11.6 Å². The number of aromatic nitrogens is 2. The zero-order valence-corrected chi connectivity index (χ0v) is 21.2. The van der Waals surface area contributed by atoms with E-state index in [1.807, 2.05) is 42.2 Å². The second-order valence-electron chi connectivity index (χ2n) is 9.91. The molecule has 0 saturated carbocycles. The van der Waals surface area contributed by atoms with Crippen LogP contribution in [0.5, 0.6) is 0 Å². The van der Waals surface area contributed by atoms with Crippen molar-refractivity contribution in [2.24, 2.45) is 13.0 Å². The van der Waals surface area contributed by atoms with Crippen LogP contribution >= 0.6 is 0 Å². The van der Waals surface area contributed by atoms with Gasteiger partial charge < -0.3 is 15.1 Å². The third-order valence-corrected chi connectivity index (χ3v) is 7.51. The van der Waals surface area contributed by atoms with Crippen LogP contribution in [0.2, 0.25) is 0 Å². The van der Waals surface area contributed by atoms with Gasteiger partial charge in [-0.3, -0.25) is 18.7 Å². The number of hydrogen-bond donors (Lipinski definition) is 1. The van der Waals surface area contributed by atoms with Crippen LogP contribution in [0.25, 0.3) is 5.69 Å². The molecule has 1 amide bonds. The zero-order valence-electron chi connectivity index (χ0n) is 21.2. The van der Waals surface area contributed by atoms with Crippen molar-refractivity contribution in [3.8, 4) is 5.69 Å². The Labute approximate surface area is 207 Å². The molecule has 0 spiro atoms. The van der Waals surface area contributed by atoms with Gasteiger partial charge in [-0.15, -0.1) is 0 Å². The van der Waals surface area contributed by atoms with E-state index in [2.05, 4.69) is 10.2 Å². The molecule has 1 N–H and O–H groups in total. The minimum absolute atomic E-state index is 0.0337. The number of piperidine rings is 1. The molecule has 2 aromatic rings. The maximum absolute atomic E-state index is 13.1. The summed E-state index contributed by atoms with van der Waals surface area (Å²) in [5.74, 6) is 0.0908. The second-order valence-corrected chi connectivity index (χ2v) is 9.91. The molecule has 0 radical (unpaired) electrons. The number of rotatable bonds is 7. The van der Waals surface area contributed by atoms with Gasteiger partial charge in [0.1, 0.15) is 5.69 Å². The summed E-state index contributed by atoms with van der Waals surface area (Å²) >= 11 is 0. The van der Waals surface area contributed by atoms with E-state index in [0.29, 0.717) is 37.3 Å². The quantitative estimate of drug-likeness (QED) is 0.615. The molecular formula is C27H39N5O3. The maximum Gasteiger partial charge on any atom is 0.335 e. The van der Waals surface area contributed by atoms with E-state index >= 15 is 0 Å². The summed E-state index contributed by atoms with van der Waals surface area (Å²) in [5, 5.41) is 3.14. The molecule has 1 aromatic heterocycles. The van der Waals surface area contributed by atoms with Crippen LogP contribution in [0, 0.1) is 12.8 Å². The van der Waals surface area contributed by atoms with E-state index in [-0.39, 0.29) is 23.1 Å². The Morgan fingerprint density at radius 2 is 1.63 bits per heavy atom. The van der Waals surface area contributed by atoms with Gasteiger partial charge >= 0.3 is 5.69 Å². The molecule has 0 bridgehead atoms. The highest BCUT2D eigenvalue weighted by Crippen LogP contribution is 2.24. The molecule has 2 aliphatic heterocycles. The van der Waals surface area contributed by atoms with Crippen LogP contribution in [0.1, 0.15) is 50.6 Å². The molecule has 190 valence electrons. The molecule has 2 fully saturated rings. The van der Waals surface area contributed by atoms with E-state index in [4.69, 9.17) is 0 Å². The number of carbonyl (C=O) groups excluding carboxylic acids is 1. The van der Waals surface area contributed by atoms with Gasteiger partial charge in [0.25, 0.3) is 5.56 Å². The van der Waals surface area contributed by atoms with Crippen LogP contribution in [0.4, 0.5) is 5.69 Å². The Balaban J connectivity index is 1.35. The number of benzene rings is 1. The Morgan fingerprint density at radius 3 is 2.29 bits per heavy atom. The molecule has 0 aliphatic carbocycles. The summed E-state index contributed by atoms with van der Waals surface area (Å²) in [4.78, 5) is 43.3. The standard InChI is InChI=1S/C27H39N5O3/c1-21-24(26(34)29(2)27(35)32(21)23-11-6-5-7-12-23)31-19-13-22(14-20-31)25(33)28-15-10-18-30-16-8-3-4-9-17-30/h5-7,11-12,22H,3-4,8-10,13-20H2,1-2H3,(H,28,33). The number of likely N-dealkylation sites (tertiary alicyclic amines) is 1. The SMILES string of the molecule is Cc1c(N2CCC(C(=O)NCCCN3CCCCCC3)CC2)c(=O)n(C)c(=O)n1-c1ccccc1. The smallest absolute Gasteiger partial charge is 0.335 e. The summed E-state index contributed by atoms with van der Waals surface area (Å²) < 4.78 is 2.78. The van der Waals surface area contributed by atoms with Crippen LogP contribution in [0.3, 0.4) is 0 Å². The lowest BCUT2D eigenvalue weighted by Gasteiger charge is -2.34. The van der Waals surface area contributed by atoms with Gasteiger partial charge in [0.05, 0.1) is 11.4 Å². The molecule has 35 heavy (non-hydrogen) atoms. The summed E-state index contributed by atoms with van der Waals surface area (Å²) in [7, 11) is 1.53. The number of anilines is 1.